The number of fused-ring (bicyclic) bond motifs is 1. The van der Waals surface area contributed by atoms with Gasteiger partial charge in [-0.15, -0.1) is 5.10 Å². The maximum absolute atomic E-state index is 4.48. The third-order valence-corrected chi connectivity index (χ3v) is 3.55. The molecule has 0 radical (unpaired) electrons. The first-order valence-corrected chi connectivity index (χ1v) is 6.65. The fourth-order valence-corrected chi connectivity index (χ4v) is 2.57. The van der Waals surface area contributed by atoms with Crippen LogP contribution in [0.3, 0.4) is 0 Å². The number of hydrogen-bond donors (Lipinski definition) is 1. The van der Waals surface area contributed by atoms with E-state index in [1.807, 2.05) is 41.2 Å². The summed E-state index contributed by atoms with van der Waals surface area (Å²) in [6.45, 7) is 2.70. The summed E-state index contributed by atoms with van der Waals surface area (Å²) in [4.78, 5) is 4.48. The smallest absolute Gasteiger partial charge is 0.123 e. The van der Waals surface area contributed by atoms with Gasteiger partial charge in [-0.2, -0.15) is 0 Å². The second kappa shape index (κ2) is 4.57. The Kier molecular flexibility index (Phi) is 2.60. The summed E-state index contributed by atoms with van der Waals surface area (Å²) in [7, 11) is 0. The van der Waals surface area contributed by atoms with Crippen LogP contribution in [0.25, 0.3) is 17.1 Å². The van der Waals surface area contributed by atoms with E-state index in [0.717, 1.165) is 42.5 Å². The van der Waals surface area contributed by atoms with E-state index in [-0.39, 0.29) is 0 Å². The molecular formula is C14H14N6. The van der Waals surface area contributed by atoms with E-state index in [1.54, 1.807) is 6.20 Å². The minimum absolute atomic E-state index is 0.812. The third kappa shape index (κ3) is 1.73. The molecule has 6 heteroatoms. The molecule has 3 heterocycles. The van der Waals surface area contributed by atoms with Gasteiger partial charge < -0.3 is 9.88 Å². The van der Waals surface area contributed by atoms with Crippen LogP contribution in [-0.4, -0.2) is 31.1 Å². The topological polar surface area (TPSA) is 60.6 Å². The summed E-state index contributed by atoms with van der Waals surface area (Å²) in [6, 6.07) is 10.0. The Balaban J connectivity index is 1.84. The van der Waals surface area contributed by atoms with E-state index in [2.05, 4.69) is 25.2 Å². The van der Waals surface area contributed by atoms with Gasteiger partial charge in [-0.1, -0.05) is 23.4 Å². The van der Waals surface area contributed by atoms with Gasteiger partial charge in [0.25, 0.3) is 0 Å². The summed E-state index contributed by atoms with van der Waals surface area (Å²) in [5, 5.41) is 11.6. The summed E-state index contributed by atoms with van der Waals surface area (Å²) >= 11 is 0. The molecule has 1 N–H and O–H groups in total. The highest BCUT2D eigenvalue weighted by atomic mass is 15.4. The molecule has 1 aromatic carbocycles. The van der Waals surface area contributed by atoms with Crippen molar-refractivity contribution in [2.24, 2.45) is 0 Å². The number of benzene rings is 1. The van der Waals surface area contributed by atoms with Crippen molar-refractivity contribution in [1.82, 2.24) is 29.9 Å². The fourth-order valence-electron chi connectivity index (χ4n) is 2.57. The summed E-state index contributed by atoms with van der Waals surface area (Å²) in [5.41, 5.74) is 3.04. The van der Waals surface area contributed by atoms with E-state index in [4.69, 9.17) is 0 Å². The highest BCUT2D eigenvalue weighted by Gasteiger charge is 2.18. The molecule has 1 aliphatic rings. The molecule has 0 saturated heterocycles. The number of aromatic nitrogens is 5. The Morgan fingerprint density at radius 2 is 1.95 bits per heavy atom. The molecule has 3 aromatic rings. The van der Waals surface area contributed by atoms with Crippen molar-refractivity contribution in [1.29, 1.82) is 0 Å². The van der Waals surface area contributed by atoms with Crippen molar-refractivity contribution in [2.75, 3.05) is 6.54 Å². The lowest BCUT2D eigenvalue weighted by Gasteiger charge is -2.17. The zero-order valence-electron chi connectivity index (χ0n) is 10.9. The lowest BCUT2D eigenvalue weighted by molar-refractivity contribution is 0.507. The Morgan fingerprint density at radius 3 is 2.85 bits per heavy atom. The van der Waals surface area contributed by atoms with Crippen LogP contribution >= 0.6 is 0 Å². The molecule has 4 rings (SSSR count). The predicted molar refractivity (Wildman–Crippen MR) is 74.3 cm³/mol. The normalized spacial score (nSPS) is 14.2. The SMILES string of the molecule is c1ccc(-n2nncc2-c2cnc3n2CCNC3)cc1. The summed E-state index contributed by atoms with van der Waals surface area (Å²) in [6.07, 6.45) is 3.69. The molecule has 0 amide bonds. The Morgan fingerprint density at radius 1 is 1.05 bits per heavy atom. The van der Waals surface area contributed by atoms with Crippen LogP contribution in [0.15, 0.2) is 42.7 Å². The number of imidazole rings is 1. The van der Waals surface area contributed by atoms with Gasteiger partial charge in [0.05, 0.1) is 30.3 Å². The number of nitrogens with zero attached hydrogens (tertiary/aromatic N) is 5. The summed E-state index contributed by atoms with van der Waals surface area (Å²) in [5.74, 6) is 1.06. The second-order valence-electron chi connectivity index (χ2n) is 4.75. The van der Waals surface area contributed by atoms with Crippen LogP contribution in [0.2, 0.25) is 0 Å². The largest absolute Gasteiger partial charge is 0.324 e. The molecule has 0 atom stereocenters. The molecule has 20 heavy (non-hydrogen) atoms. The van der Waals surface area contributed by atoms with Crippen LogP contribution < -0.4 is 5.32 Å². The van der Waals surface area contributed by atoms with Gasteiger partial charge in [-0.05, 0) is 12.1 Å². The van der Waals surface area contributed by atoms with Gasteiger partial charge in [-0.3, -0.25) is 0 Å². The van der Waals surface area contributed by atoms with Crippen molar-refractivity contribution in [2.45, 2.75) is 13.1 Å². The van der Waals surface area contributed by atoms with Gasteiger partial charge in [0.1, 0.15) is 11.5 Å². The van der Waals surface area contributed by atoms with Crippen molar-refractivity contribution < 1.29 is 0 Å². The average molecular weight is 266 g/mol. The average Bonchev–Trinajstić information content (AvgIpc) is 3.14. The number of para-hydroxylation sites is 1. The van der Waals surface area contributed by atoms with Crippen molar-refractivity contribution in [3.05, 3.63) is 48.5 Å². The maximum atomic E-state index is 4.48. The molecule has 1 aliphatic heterocycles. The first-order chi connectivity index (χ1) is 9.93. The predicted octanol–water partition coefficient (Wildman–Crippen LogP) is 1.23. The highest BCUT2D eigenvalue weighted by Crippen LogP contribution is 2.23. The number of hydrogen-bond acceptors (Lipinski definition) is 4. The van der Waals surface area contributed by atoms with Gasteiger partial charge in [0, 0.05) is 13.1 Å². The molecule has 0 fully saturated rings. The fraction of sp³-hybridized carbons (Fsp3) is 0.214. The maximum Gasteiger partial charge on any atom is 0.123 e. The van der Waals surface area contributed by atoms with E-state index in [0.29, 0.717) is 0 Å². The molecule has 6 nitrogen and oxygen atoms in total. The van der Waals surface area contributed by atoms with E-state index in [1.165, 1.54) is 0 Å². The molecule has 0 aliphatic carbocycles. The van der Waals surface area contributed by atoms with Gasteiger partial charge in [0.15, 0.2) is 0 Å². The molecule has 0 bridgehead atoms. The summed E-state index contributed by atoms with van der Waals surface area (Å²) < 4.78 is 4.08. The Hall–Kier alpha value is -2.47. The number of nitrogens with one attached hydrogen (secondary N) is 1. The highest BCUT2D eigenvalue weighted by molar-refractivity contribution is 5.57. The first kappa shape index (κ1) is 11.4. The molecule has 0 spiro atoms. The van der Waals surface area contributed by atoms with E-state index >= 15 is 0 Å². The second-order valence-corrected chi connectivity index (χ2v) is 4.75. The standard InChI is InChI=1S/C14H14N6/c1-2-4-11(5-3-1)20-13(9-17-18-20)12-8-16-14-10-15-6-7-19(12)14/h1-5,8-9,15H,6-7,10H2. The first-order valence-electron chi connectivity index (χ1n) is 6.65. The minimum atomic E-state index is 0.812. The zero-order valence-corrected chi connectivity index (χ0v) is 10.9. The van der Waals surface area contributed by atoms with Gasteiger partial charge >= 0.3 is 0 Å². The number of rotatable bonds is 2. The zero-order chi connectivity index (χ0) is 13.4. The van der Waals surface area contributed by atoms with Gasteiger partial charge in [0.2, 0.25) is 0 Å². The Labute approximate surface area is 116 Å². The molecule has 0 unspecified atom stereocenters. The lowest BCUT2D eigenvalue weighted by Crippen LogP contribution is -2.28. The van der Waals surface area contributed by atoms with E-state index < -0.39 is 0 Å². The lowest BCUT2D eigenvalue weighted by atomic mass is 10.3. The quantitative estimate of drug-likeness (QED) is 0.758. The van der Waals surface area contributed by atoms with E-state index in [9.17, 15) is 0 Å². The molecule has 100 valence electrons. The van der Waals surface area contributed by atoms with Gasteiger partial charge in [-0.25, -0.2) is 9.67 Å². The third-order valence-electron chi connectivity index (χ3n) is 3.55. The molecule has 2 aromatic heterocycles. The van der Waals surface area contributed by atoms with Crippen LogP contribution in [0, 0.1) is 0 Å². The molecule has 0 saturated carbocycles. The van der Waals surface area contributed by atoms with Crippen molar-refractivity contribution in [3.63, 3.8) is 0 Å². The van der Waals surface area contributed by atoms with Crippen LogP contribution in [-0.2, 0) is 13.1 Å². The monoisotopic (exact) mass is 266 g/mol. The Bertz CT molecular complexity index is 727. The van der Waals surface area contributed by atoms with Crippen LogP contribution in [0.4, 0.5) is 0 Å². The molecular weight excluding hydrogens is 252 g/mol. The van der Waals surface area contributed by atoms with Crippen LogP contribution in [0.1, 0.15) is 5.82 Å². The van der Waals surface area contributed by atoms with Crippen molar-refractivity contribution >= 4 is 0 Å². The van der Waals surface area contributed by atoms with Crippen LogP contribution in [0.5, 0.6) is 0 Å². The van der Waals surface area contributed by atoms with Crippen molar-refractivity contribution in [3.8, 4) is 17.1 Å². The minimum Gasteiger partial charge on any atom is -0.324 e.